The highest BCUT2D eigenvalue weighted by molar-refractivity contribution is 5.72. The Kier molecular flexibility index (Phi) is 3.27. The standard InChI is InChI=1S/C15H9F4NO2/c16-11-4-5-12-13(7-11)22-14(21)20(12)8-9-2-1-3-10(6-9)15(17,18)19/h1-7H,8H2. The lowest BCUT2D eigenvalue weighted by molar-refractivity contribution is -0.137. The maximum absolute atomic E-state index is 13.1. The smallest absolute Gasteiger partial charge is 0.408 e. The number of alkyl halides is 3. The summed E-state index contributed by atoms with van der Waals surface area (Å²) in [4.78, 5) is 11.8. The van der Waals surface area contributed by atoms with Crippen LogP contribution >= 0.6 is 0 Å². The zero-order valence-electron chi connectivity index (χ0n) is 11.0. The molecule has 22 heavy (non-hydrogen) atoms. The molecule has 0 bridgehead atoms. The van der Waals surface area contributed by atoms with Gasteiger partial charge in [0.2, 0.25) is 0 Å². The summed E-state index contributed by atoms with van der Waals surface area (Å²) in [5.74, 6) is -1.31. The van der Waals surface area contributed by atoms with Crippen LogP contribution in [-0.2, 0) is 12.7 Å². The molecule has 3 rings (SSSR count). The summed E-state index contributed by atoms with van der Waals surface area (Å²) >= 11 is 0. The summed E-state index contributed by atoms with van der Waals surface area (Å²) < 4.78 is 57.2. The molecule has 2 aromatic carbocycles. The quantitative estimate of drug-likeness (QED) is 0.675. The largest absolute Gasteiger partial charge is 0.420 e. The summed E-state index contributed by atoms with van der Waals surface area (Å²) in [7, 11) is 0. The van der Waals surface area contributed by atoms with Gasteiger partial charge in [0.15, 0.2) is 5.58 Å². The van der Waals surface area contributed by atoms with E-state index in [-0.39, 0.29) is 12.1 Å². The minimum atomic E-state index is -4.46. The molecular formula is C15H9F4NO2. The minimum absolute atomic E-state index is 0.0528. The van der Waals surface area contributed by atoms with Gasteiger partial charge in [-0.15, -0.1) is 0 Å². The number of hydrogen-bond donors (Lipinski definition) is 0. The van der Waals surface area contributed by atoms with Crippen LogP contribution in [0.4, 0.5) is 17.6 Å². The molecule has 0 unspecified atom stereocenters. The maximum atomic E-state index is 13.1. The molecule has 1 aromatic heterocycles. The number of oxazole rings is 1. The van der Waals surface area contributed by atoms with Crippen molar-refractivity contribution in [2.45, 2.75) is 12.7 Å². The van der Waals surface area contributed by atoms with Crippen LogP contribution < -0.4 is 5.76 Å². The molecule has 114 valence electrons. The summed E-state index contributed by atoms with van der Waals surface area (Å²) in [6.07, 6.45) is -4.46. The molecule has 3 aromatic rings. The first-order chi connectivity index (χ1) is 10.3. The number of aromatic nitrogens is 1. The predicted octanol–water partition coefficient (Wildman–Crippen LogP) is 3.80. The normalized spacial score (nSPS) is 12.0. The number of nitrogens with zero attached hydrogens (tertiary/aromatic N) is 1. The van der Waals surface area contributed by atoms with Gasteiger partial charge in [0, 0.05) is 6.07 Å². The Hall–Kier alpha value is -2.57. The molecule has 0 atom stereocenters. The number of hydrogen-bond acceptors (Lipinski definition) is 2. The van der Waals surface area contributed by atoms with Gasteiger partial charge in [0.25, 0.3) is 0 Å². The average Bonchev–Trinajstić information content (AvgIpc) is 2.74. The summed E-state index contributed by atoms with van der Waals surface area (Å²) in [5.41, 5.74) is -0.123. The highest BCUT2D eigenvalue weighted by atomic mass is 19.4. The van der Waals surface area contributed by atoms with Crippen LogP contribution in [-0.4, -0.2) is 4.57 Å². The average molecular weight is 311 g/mol. The van der Waals surface area contributed by atoms with Gasteiger partial charge in [-0.2, -0.15) is 13.2 Å². The molecular weight excluding hydrogens is 302 g/mol. The first-order valence-electron chi connectivity index (χ1n) is 6.29. The first-order valence-corrected chi connectivity index (χ1v) is 6.29. The second kappa shape index (κ2) is 5.01. The van der Waals surface area contributed by atoms with Crippen molar-refractivity contribution in [2.24, 2.45) is 0 Å². The summed E-state index contributed by atoms with van der Waals surface area (Å²) in [6, 6.07) is 8.22. The van der Waals surface area contributed by atoms with Crippen LogP contribution in [0, 0.1) is 5.82 Å². The second-order valence-corrected chi connectivity index (χ2v) is 4.76. The van der Waals surface area contributed by atoms with E-state index in [1.807, 2.05) is 0 Å². The Morgan fingerprint density at radius 3 is 2.59 bits per heavy atom. The third kappa shape index (κ3) is 2.61. The van der Waals surface area contributed by atoms with Crippen LogP contribution in [0.2, 0.25) is 0 Å². The fourth-order valence-corrected chi connectivity index (χ4v) is 2.22. The molecule has 1 heterocycles. The third-order valence-corrected chi connectivity index (χ3v) is 3.23. The predicted molar refractivity (Wildman–Crippen MR) is 71.0 cm³/mol. The monoisotopic (exact) mass is 311 g/mol. The van der Waals surface area contributed by atoms with E-state index >= 15 is 0 Å². The van der Waals surface area contributed by atoms with Gasteiger partial charge in [0.05, 0.1) is 17.6 Å². The molecule has 0 spiro atoms. The third-order valence-electron chi connectivity index (χ3n) is 3.23. The van der Waals surface area contributed by atoms with E-state index in [1.54, 1.807) is 0 Å². The number of rotatable bonds is 2. The summed E-state index contributed by atoms with van der Waals surface area (Å²) in [6.45, 7) is -0.0958. The van der Waals surface area contributed by atoms with Gasteiger partial charge >= 0.3 is 11.9 Å². The topological polar surface area (TPSA) is 35.1 Å². The van der Waals surface area contributed by atoms with E-state index in [9.17, 15) is 22.4 Å². The molecule has 0 amide bonds. The van der Waals surface area contributed by atoms with Crippen LogP contribution in [0.1, 0.15) is 11.1 Å². The summed E-state index contributed by atoms with van der Waals surface area (Å²) in [5, 5.41) is 0. The van der Waals surface area contributed by atoms with Crippen LogP contribution in [0.15, 0.2) is 51.7 Å². The fourth-order valence-electron chi connectivity index (χ4n) is 2.22. The maximum Gasteiger partial charge on any atom is 0.420 e. The Labute approximate surface area is 121 Å². The Balaban J connectivity index is 2.04. The van der Waals surface area contributed by atoms with Gasteiger partial charge in [-0.05, 0) is 29.8 Å². The van der Waals surface area contributed by atoms with E-state index in [0.29, 0.717) is 11.1 Å². The molecule has 0 radical (unpaired) electrons. The number of fused-ring (bicyclic) bond motifs is 1. The van der Waals surface area contributed by atoms with E-state index in [1.165, 1.54) is 18.2 Å². The Morgan fingerprint density at radius 2 is 1.86 bits per heavy atom. The van der Waals surface area contributed by atoms with Crippen molar-refractivity contribution >= 4 is 11.1 Å². The van der Waals surface area contributed by atoms with Crippen LogP contribution in [0.5, 0.6) is 0 Å². The van der Waals surface area contributed by atoms with Crippen molar-refractivity contribution in [1.29, 1.82) is 0 Å². The minimum Gasteiger partial charge on any atom is -0.408 e. The second-order valence-electron chi connectivity index (χ2n) is 4.76. The molecule has 0 N–H and O–H groups in total. The van der Waals surface area contributed by atoms with Crippen molar-refractivity contribution in [3.8, 4) is 0 Å². The molecule has 0 aliphatic heterocycles. The van der Waals surface area contributed by atoms with Gasteiger partial charge < -0.3 is 4.42 Å². The van der Waals surface area contributed by atoms with Crippen LogP contribution in [0.25, 0.3) is 11.1 Å². The fraction of sp³-hybridized carbons (Fsp3) is 0.133. The van der Waals surface area contributed by atoms with Gasteiger partial charge in [-0.3, -0.25) is 4.57 Å². The van der Waals surface area contributed by atoms with E-state index in [0.717, 1.165) is 28.8 Å². The van der Waals surface area contributed by atoms with E-state index in [4.69, 9.17) is 4.42 Å². The lowest BCUT2D eigenvalue weighted by Gasteiger charge is -2.09. The number of halogens is 4. The van der Waals surface area contributed by atoms with Gasteiger partial charge in [-0.1, -0.05) is 12.1 Å². The highest BCUT2D eigenvalue weighted by Gasteiger charge is 2.30. The molecule has 0 aliphatic rings. The van der Waals surface area contributed by atoms with Gasteiger partial charge in [-0.25, -0.2) is 9.18 Å². The van der Waals surface area contributed by atoms with Crippen molar-refractivity contribution in [3.05, 3.63) is 70.0 Å². The molecule has 3 nitrogen and oxygen atoms in total. The highest BCUT2D eigenvalue weighted by Crippen LogP contribution is 2.29. The first kappa shape index (κ1) is 14.4. The lowest BCUT2D eigenvalue weighted by atomic mass is 10.1. The molecule has 7 heteroatoms. The zero-order chi connectivity index (χ0) is 15.9. The lowest BCUT2D eigenvalue weighted by Crippen LogP contribution is -2.15. The Bertz CT molecular complexity index is 892. The molecule has 0 fully saturated rings. The van der Waals surface area contributed by atoms with Crippen LogP contribution in [0.3, 0.4) is 0 Å². The zero-order valence-corrected chi connectivity index (χ0v) is 11.0. The van der Waals surface area contributed by atoms with Crippen molar-refractivity contribution in [2.75, 3.05) is 0 Å². The van der Waals surface area contributed by atoms with Crippen molar-refractivity contribution in [3.63, 3.8) is 0 Å². The Morgan fingerprint density at radius 1 is 1.09 bits per heavy atom. The van der Waals surface area contributed by atoms with Gasteiger partial charge in [0.1, 0.15) is 5.82 Å². The van der Waals surface area contributed by atoms with Crippen molar-refractivity contribution in [1.82, 2.24) is 4.57 Å². The number of benzene rings is 2. The SMILES string of the molecule is O=c1oc2cc(F)ccc2n1Cc1cccc(C(F)(F)F)c1. The van der Waals surface area contributed by atoms with Crippen molar-refractivity contribution < 1.29 is 22.0 Å². The van der Waals surface area contributed by atoms with E-state index in [2.05, 4.69) is 0 Å². The van der Waals surface area contributed by atoms with E-state index < -0.39 is 23.3 Å². The molecule has 0 aliphatic carbocycles. The molecule has 0 saturated carbocycles. The molecule has 0 saturated heterocycles.